The number of anilines is 1. The van der Waals surface area contributed by atoms with Gasteiger partial charge < -0.3 is 19.5 Å². The Morgan fingerprint density at radius 1 is 1.25 bits per heavy atom. The van der Waals surface area contributed by atoms with Gasteiger partial charge in [-0.3, -0.25) is 4.79 Å². The minimum Gasteiger partial charge on any atom is -0.501 e. The van der Waals surface area contributed by atoms with Crippen molar-refractivity contribution < 1.29 is 32.2 Å². The van der Waals surface area contributed by atoms with Crippen molar-refractivity contribution >= 4 is 11.7 Å². The summed E-state index contributed by atoms with van der Waals surface area (Å²) in [6, 6.07) is 6.69. The van der Waals surface area contributed by atoms with Crippen LogP contribution in [0, 0.1) is 0 Å². The smallest absolute Gasteiger partial charge is 0.389 e. The third-order valence-corrected chi connectivity index (χ3v) is 2.72. The number of halogens is 3. The number of ether oxygens (including phenoxy) is 3. The Balaban J connectivity index is 2.41. The number of nitrogens with one attached hydrogen (secondary N) is 1. The number of benzene rings is 1. The Kier molecular flexibility index (Phi) is 7.94. The van der Waals surface area contributed by atoms with E-state index in [-0.39, 0.29) is 19.6 Å². The highest BCUT2D eigenvalue weighted by Crippen LogP contribution is 2.22. The van der Waals surface area contributed by atoms with E-state index in [0.29, 0.717) is 11.5 Å². The third-order valence-electron chi connectivity index (χ3n) is 2.72. The van der Waals surface area contributed by atoms with E-state index in [4.69, 9.17) is 14.2 Å². The lowest BCUT2D eigenvalue weighted by Crippen LogP contribution is -2.11. The topological polar surface area (TPSA) is 56.8 Å². The summed E-state index contributed by atoms with van der Waals surface area (Å²) in [6.45, 7) is 1.52. The van der Waals surface area contributed by atoms with E-state index in [9.17, 15) is 18.0 Å². The van der Waals surface area contributed by atoms with E-state index in [1.54, 1.807) is 24.3 Å². The number of rotatable bonds is 9. The van der Waals surface area contributed by atoms with Gasteiger partial charge in [0.1, 0.15) is 12.0 Å². The van der Waals surface area contributed by atoms with Crippen LogP contribution in [-0.2, 0) is 14.3 Å². The zero-order valence-electron chi connectivity index (χ0n) is 13.5. The summed E-state index contributed by atoms with van der Waals surface area (Å²) >= 11 is 0. The largest absolute Gasteiger partial charge is 0.501 e. The molecule has 1 N–H and O–H groups in total. The summed E-state index contributed by atoms with van der Waals surface area (Å²) in [4.78, 5) is 10.9. The maximum Gasteiger partial charge on any atom is 0.389 e. The summed E-state index contributed by atoms with van der Waals surface area (Å²) in [7, 11) is 1.44. The number of hydrogen-bond donors (Lipinski definition) is 1. The predicted molar refractivity (Wildman–Crippen MR) is 82.6 cm³/mol. The SMILES string of the molecule is CO/C=C(\CNc1ccc(OCCCC(F)(F)F)cc1)OC(C)=O. The summed E-state index contributed by atoms with van der Waals surface area (Å²) in [5.74, 6) is 0.343. The van der Waals surface area contributed by atoms with Crippen molar-refractivity contribution in [2.45, 2.75) is 25.9 Å². The molecule has 8 heteroatoms. The molecule has 1 aromatic rings. The third kappa shape index (κ3) is 8.92. The Hall–Kier alpha value is -2.38. The normalized spacial score (nSPS) is 11.8. The van der Waals surface area contributed by atoms with E-state index in [1.165, 1.54) is 20.3 Å². The van der Waals surface area contributed by atoms with Gasteiger partial charge in [0.05, 0.1) is 20.3 Å². The molecule has 5 nitrogen and oxygen atoms in total. The molecule has 1 rings (SSSR count). The quantitative estimate of drug-likeness (QED) is 0.417. The number of hydrogen-bond acceptors (Lipinski definition) is 5. The molecular weight excluding hydrogens is 327 g/mol. The average Bonchev–Trinajstić information content (AvgIpc) is 2.49. The summed E-state index contributed by atoms with van der Waals surface area (Å²) in [5, 5.41) is 3.02. The highest BCUT2D eigenvalue weighted by atomic mass is 19.4. The lowest BCUT2D eigenvalue weighted by atomic mass is 10.3. The Morgan fingerprint density at radius 3 is 2.46 bits per heavy atom. The maximum absolute atomic E-state index is 12.0. The molecule has 134 valence electrons. The van der Waals surface area contributed by atoms with Crippen LogP contribution in [0.4, 0.5) is 18.9 Å². The lowest BCUT2D eigenvalue weighted by Gasteiger charge is -2.11. The van der Waals surface area contributed by atoms with Crippen LogP contribution in [0.15, 0.2) is 36.3 Å². The van der Waals surface area contributed by atoms with Crippen LogP contribution < -0.4 is 10.1 Å². The first-order chi connectivity index (χ1) is 11.3. The van der Waals surface area contributed by atoms with Crippen LogP contribution in [0.1, 0.15) is 19.8 Å². The molecule has 1 aromatic carbocycles. The lowest BCUT2D eigenvalue weighted by molar-refractivity contribution is -0.137. The van der Waals surface area contributed by atoms with Gasteiger partial charge in [-0.2, -0.15) is 13.2 Å². The van der Waals surface area contributed by atoms with Crippen molar-refractivity contribution in [1.29, 1.82) is 0 Å². The molecule has 0 aliphatic rings. The molecular formula is C16H20F3NO4. The van der Waals surface area contributed by atoms with Gasteiger partial charge in [-0.15, -0.1) is 0 Å². The standard InChI is InChI=1S/C16H20F3NO4/c1-12(21)24-15(11-22-2)10-20-13-4-6-14(7-5-13)23-9-3-8-16(17,18)19/h4-7,11,20H,3,8-10H2,1-2H3/b15-11+. The maximum atomic E-state index is 12.0. The first-order valence-electron chi connectivity index (χ1n) is 7.24. The second-order valence-corrected chi connectivity index (χ2v) is 4.86. The molecule has 0 amide bonds. The van der Waals surface area contributed by atoms with Gasteiger partial charge in [0.15, 0.2) is 5.76 Å². The number of carbonyl (C=O) groups excluding carboxylic acids is 1. The van der Waals surface area contributed by atoms with Crippen molar-refractivity contribution in [1.82, 2.24) is 0 Å². The van der Waals surface area contributed by atoms with Crippen LogP contribution in [0.3, 0.4) is 0 Å². The second-order valence-electron chi connectivity index (χ2n) is 4.86. The van der Waals surface area contributed by atoms with Crippen LogP contribution in [0.2, 0.25) is 0 Å². The zero-order valence-corrected chi connectivity index (χ0v) is 13.5. The molecule has 0 heterocycles. The van der Waals surface area contributed by atoms with Gasteiger partial charge in [0.25, 0.3) is 0 Å². The van der Waals surface area contributed by atoms with Gasteiger partial charge in [-0.25, -0.2) is 0 Å². The van der Waals surface area contributed by atoms with E-state index < -0.39 is 18.6 Å². The van der Waals surface area contributed by atoms with Crippen LogP contribution >= 0.6 is 0 Å². The first-order valence-corrected chi connectivity index (χ1v) is 7.24. The Bertz CT molecular complexity index is 541. The molecule has 0 saturated carbocycles. The highest BCUT2D eigenvalue weighted by molar-refractivity contribution is 5.67. The molecule has 0 aliphatic heterocycles. The summed E-state index contributed by atoms with van der Waals surface area (Å²) in [5.41, 5.74) is 0.729. The number of methoxy groups -OCH3 is 1. The fraction of sp³-hybridized carbons (Fsp3) is 0.438. The van der Waals surface area contributed by atoms with E-state index in [0.717, 1.165) is 5.69 Å². The Morgan fingerprint density at radius 2 is 1.92 bits per heavy atom. The van der Waals surface area contributed by atoms with Crippen LogP contribution in [0.5, 0.6) is 5.75 Å². The summed E-state index contributed by atoms with van der Waals surface area (Å²) < 4.78 is 51.0. The minimum atomic E-state index is -4.16. The number of esters is 1. The van der Waals surface area contributed by atoms with Crippen molar-refractivity contribution in [3.8, 4) is 5.75 Å². The van der Waals surface area contributed by atoms with Gasteiger partial charge >= 0.3 is 12.1 Å². The first kappa shape index (κ1) is 19.7. The fourth-order valence-corrected chi connectivity index (χ4v) is 1.74. The molecule has 24 heavy (non-hydrogen) atoms. The molecule has 0 aliphatic carbocycles. The summed E-state index contributed by atoms with van der Waals surface area (Å²) in [6.07, 6.45) is -3.80. The van der Waals surface area contributed by atoms with Crippen molar-refractivity contribution in [3.05, 3.63) is 36.3 Å². The Labute approximate surface area is 138 Å². The van der Waals surface area contributed by atoms with Gasteiger partial charge in [0, 0.05) is 19.0 Å². The second kappa shape index (κ2) is 9.69. The van der Waals surface area contributed by atoms with Crippen LogP contribution in [0.25, 0.3) is 0 Å². The van der Waals surface area contributed by atoms with Crippen molar-refractivity contribution in [2.24, 2.45) is 0 Å². The average molecular weight is 347 g/mol. The van der Waals surface area contributed by atoms with Gasteiger partial charge in [-0.05, 0) is 30.7 Å². The van der Waals surface area contributed by atoms with Crippen LogP contribution in [-0.4, -0.2) is 32.4 Å². The molecule has 0 fully saturated rings. The zero-order chi connectivity index (χ0) is 18.0. The molecule has 0 unspecified atom stereocenters. The molecule has 0 spiro atoms. The van der Waals surface area contributed by atoms with E-state index >= 15 is 0 Å². The van der Waals surface area contributed by atoms with Gasteiger partial charge in [-0.1, -0.05) is 0 Å². The molecule has 0 bridgehead atoms. The molecule has 0 saturated heterocycles. The predicted octanol–water partition coefficient (Wildman–Crippen LogP) is 3.87. The van der Waals surface area contributed by atoms with E-state index in [1.807, 2.05) is 0 Å². The molecule has 0 aromatic heterocycles. The fourth-order valence-electron chi connectivity index (χ4n) is 1.74. The van der Waals surface area contributed by atoms with E-state index in [2.05, 4.69) is 5.32 Å². The monoisotopic (exact) mass is 347 g/mol. The number of alkyl halides is 3. The molecule has 0 radical (unpaired) electrons. The number of carbonyl (C=O) groups is 1. The molecule has 0 atom stereocenters. The van der Waals surface area contributed by atoms with Crippen molar-refractivity contribution in [2.75, 3.05) is 25.6 Å². The minimum absolute atomic E-state index is 0.000534. The highest BCUT2D eigenvalue weighted by Gasteiger charge is 2.26. The van der Waals surface area contributed by atoms with Gasteiger partial charge in [0.2, 0.25) is 0 Å². The van der Waals surface area contributed by atoms with Crippen molar-refractivity contribution in [3.63, 3.8) is 0 Å².